The molecule has 0 aliphatic carbocycles. The van der Waals surface area contributed by atoms with Gasteiger partial charge in [0.1, 0.15) is 4.88 Å². The quantitative estimate of drug-likeness (QED) is 0.428. The molecule has 3 heterocycles. The highest BCUT2D eigenvalue weighted by Gasteiger charge is 2.35. The number of rotatable bonds is 7. The fourth-order valence-corrected chi connectivity index (χ4v) is 4.47. The molecule has 12 heteroatoms. The van der Waals surface area contributed by atoms with E-state index in [1.807, 2.05) is 0 Å². The van der Waals surface area contributed by atoms with Crippen molar-refractivity contribution >= 4 is 34.3 Å². The second-order valence-corrected chi connectivity index (χ2v) is 8.70. The van der Waals surface area contributed by atoms with E-state index in [4.69, 9.17) is 9.26 Å². The molecule has 0 radical (unpaired) electrons. The van der Waals surface area contributed by atoms with Crippen LogP contribution in [0.1, 0.15) is 38.5 Å². The monoisotopic (exact) mass is 484 g/mol. The Hall–Kier alpha value is -3.64. The Labute approximate surface area is 199 Å². The maximum atomic E-state index is 12.9. The lowest BCUT2D eigenvalue weighted by Gasteiger charge is -2.19. The van der Waals surface area contributed by atoms with Gasteiger partial charge in [-0.3, -0.25) is 9.59 Å². The minimum atomic E-state index is -0.512. The van der Waals surface area contributed by atoms with E-state index < -0.39 is 17.9 Å². The first-order valence-electron chi connectivity index (χ1n) is 10.7. The van der Waals surface area contributed by atoms with Gasteiger partial charge in [-0.15, -0.1) is 0 Å². The van der Waals surface area contributed by atoms with Crippen molar-refractivity contribution in [2.45, 2.75) is 26.8 Å². The number of benzene rings is 1. The zero-order valence-corrected chi connectivity index (χ0v) is 19.7. The molecule has 0 spiro atoms. The van der Waals surface area contributed by atoms with Gasteiger partial charge in [-0.25, -0.2) is 9.78 Å². The molecule has 1 fully saturated rings. The normalized spacial score (nSPS) is 17.4. The van der Waals surface area contributed by atoms with Gasteiger partial charge in [0.2, 0.25) is 17.6 Å². The van der Waals surface area contributed by atoms with Gasteiger partial charge in [0.25, 0.3) is 5.91 Å². The van der Waals surface area contributed by atoms with Crippen molar-refractivity contribution in [3.05, 3.63) is 46.3 Å². The van der Waals surface area contributed by atoms with Crippen molar-refractivity contribution in [2.24, 2.45) is 5.92 Å². The fourth-order valence-electron chi connectivity index (χ4n) is 3.61. The largest absolute Gasteiger partial charge is 0.462 e. The smallest absolute Gasteiger partial charge is 0.350 e. The summed E-state index contributed by atoms with van der Waals surface area (Å²) in [5.41, 5.74) is 1.56. The van der Waals surface area contributed by atoms with Crippen LogP contribution in [0, 0.1) is 19.8 Å². The Bertz CT molecular complexity index is 1220. The van der Waals surface area contributed by atoms with Crippen LogP contribution in [0.4, 0.5) is 5.13 Å². The number of amides is 2. The van der Waals surface area contributed by atoms with Gasteiger partial charge in [-0.05, 0) is 26.0 Å². The van der Waals surface area contributed by atoms with E-state index in [9.17, 15) is 14.4 Å². The highest BCUT2D eigenvalue weighted by Crippen LogP contribution is 2.25. The number of ether oxygens (including phenoxy) is 1. The van der Waals surface area contributed by atoms with Crippen LogP contribution >= 0.6 is 11.3 Å². The van der Waals surface area contributed by atoms with Crippen LogP contribution in [0.5, 0.6) is 0 Å². The van der Waals surface area contributed by atoms with Crippen molar-refractivity contribution in [2.75, 3.05) is 25.0 Å². The predicted molar refractivity (Wildman–Crippen MR) is 124 cm³/mol. The Morgan fingerprint density at radius 1 is 1.24 bits per heavy atom. The van der Waals surface area contributed by atoms with Gasteiger partial charge >= 0.3 is 5.97 Å². The average Bonchev–Trinajstić information content (AvgIpc) is 3.54. The highest BCUT2D eigenvalue weighted by atomic mass is 32.1. The van der Waals surface area contributed by atoms with Crippen molar-refractivity contribution < 1.29 is 23.6 Å². The molecule has 1 aliphatic rings. The second-order valence-electron chi connectivity index (χ2n) is 7.71. The molecule has 2 amide bonds. The van der Waals surface area contributed by atoms with Crippen molar-refractivity contribution in [1.82, 2.24) is 25.8 Å². The number of aromatic nitrogens is 3. The van der Waals surface area contributed by atoms with Crippen LogP contribution < -0.4 is 16.0 Å². The molecule has 0 saturated carbocycles. The Morgan fingerprint density at radius 3 is 2.79 bits per heavy atom. The fraction of sp³-hybridized carbons (Fsp3) is 0.364. The van der Waals surface area contributed by atoms with E-state index in [0.29, 0.717) is 51.6 Å². The molecule has 11 nitrogen and oxygen atoms in total. The first kappa shape index (κ1) is 23.5. The van der Waals surface area contributed by atoms with Crippen LogP contribution in [0.3, 0.4) is 0 Å². The van der Waals surface area contributed by atoms with Gasteiger partial charge in [0, 0.05) is 31.1 Å². The molecule has 34 heavy (non-hydrogen) atoms. The summed E-state index contributed by atoms with van der Waals surface area (Å²) in [6, 6.07) is 6.45. The van der Waals surface area contributed by atoms with Crippen LogP contribution in [-0.4, -0.2) is 58.6 Å². The summed E-state index contributed by atoms with van der Waals surface area (Å²) in [5.74, 6) is -0.765. The van der Waals surface area contributed by atoms with Crippen LogP contribution in [0.15, 0.2) is 28.8 Å². The van der Waals surface area contributed by atoms with Gasteiger partial charge < -0.3 is 25.2 Å². The molecule has 0 unspecified atom stereocenters. The standard InChI is InChI=1S/C22H24N6O5S/c1-4-32-21(31)17-11(2)24-22(34-17)27-20(30)15-9-23-10-16(15)26-19(29)14-7-5-6-13(8-14)18-25-12(3)33-28-18/h5-8,15-16,23H,4,9-10H2,1-3H3,(H,26,29)(H,24,27,30)/t15-,16-/m0/s1. The number of anilines is 1. The van der Waals surface area contributed by atoms with Crippen molar-refractivity contribution in [3.63, 3.8) is 0 Å². The summed E-state index contributed by atoms with van der Waals surface area (Å²) in [6.45, 7) is 6.19. The maximum absolute atomic E-state index is 12.9. The lowest BCUT2D eigenvalue weighted by Crippen LogP contribution is -2.44. The van der Waals surface area contributed by atoms with E-state index in [2.05, 4.69) is 31.1 Å². The second kappa shape index (κ2) is 10.1. The van der Waals surface area contributed by atoms with Crippen LogP contribution in [0.25, 0.3) is 11.4 Å². The molecule has 2 atom stereocenters. The third kappa shape index (κ3) is 5.13. The van der Waals surface area contributed by atoms with Crippen molar-refractivity contribution in [1.29, 1.82) is 0 Å². The number of hydrogen-bond acceptors (Lipinski definition) is 10. The van der Waals surface area contributed by atoms with Gasteiger partial charge in [0.05, 0.1) is 24.3 Å². The number of carbonyl (C=O) groups is 3. The number of nitrogens with one attached hydrogen (secondary N) is 3. The first-order chi connectivity index (χ1) is 16.4. The molecular formula is C22H24N6O5S. The Kier molecular flexibility index (Phi) is 6.98. The lowest BCUT2D eigenvalue weighted by molar-refractivity contribution is -0.119. The Morgan fingerprint density at radius 2 is 2.06 bits per heavy atom. The summed E-state index contributed by atoms with van der Waals surface area (Å²) >= 11 is 1.06. The molecule has 4 rings (SSSR count). The SMILES string of the molecule is CCOC(=O)c1sc(NC(=O)[C@H]2CNC[C@@H]2NC(=O)c2cccc(-c3noc(C)n3)c2)nc1C. The topological polar surface area (TPSA) is 148 Å². The molecule has 1 saturated heterocycles. The molecule has 0 bridgehead atoms. The number of esters is 1. The Balaban J connectivity index is 1.42. The highest BCUT2D eigenvalue weighted by molar-refractivity contribution is 7.17. The number of nitrogens with zero attached hydrogens (tertiary/aromatic N) is 3. The number of aryl methyl sites for hydroxylation is 2. The first-order valence-corrected chi connectivity index (χ1v) is 11.5. The predicted octanol–water partition coefficient (Wildman–Crippen LogP) is 1.94. The summed E-state index contributed by atoms with van der Waals surface area (Å²) in [4.78, 5) is 46.6. The summed E-state index contributed by atoms with van der Waals surface area (Å²) in [5, 5.41) is 13.0. The molecule has 2 aromatic heterocycles. The maximum Gasteiger partial charge on any atom is 0.350 e. The van der Waals surface area contributed by atoms with Crippen LogP contribution in [0.2, 0.25) is 0 Å². The average molecular weight is 485 g/mol. The molecule has 3 aromatic rings. The third-order valence-electron chi connectivity index (χ3n) is 5.27. The van der Waals surface area contributed by atoms with Gasteiger partial charge in [-0.2, -0.15) is 4.98 Å². The third-order valence-corrected chi connectivity index (χ3v) is 6.32. The van der Waals surface area contributed by atoms with Crippen molar-refractivity contribution in [3.8, 4) is 11.4 Å². The number of thiazole rings is 1. The van der Waals surface area contributed by atoms with E-state index in [1.54, 1.807) is 45.0 Å². The summed E-state index contributed by atoms with van der Waals surface area (Å²) in [7, 11) is 0. The van der Waals surface area contributed by atoms with E-state index in [-0.39, 0.29) is 18.4 Å². The zero-order chi connectivity index (χ0) is 24.2. The molecule has 1 aliphatic heterocycles. The minimum Gasteiger partial charge on any atom is -0.462 e. The lowest BCUT2D eigenvalue weighted by atomic mass is 10.0. The van der Waals surface area contributed by atoms with E-state index >= 15 is 0 Å². The molecule has 178 valence electrons. The van der Waals surface area contributed by atoms with E-state index in [1.165, 1.54) is 0 Å². The van der Waals surface area contributed by atoms with E-state index in [0.717, 1.165) is 11.3 Å². The molecular weight excluding hydrogens is 460 g/mol. The summed E-state index contributed by atoms with van der Waals surface area (Å²) < 4.78 is 10.0. The zero-order valence-electron chi connectivity index (χ0n) is 18.9. The van der Waals surface area contributed by atoms with Crippen LogP contribution in [-0.2, 0) is 9.53 Å². The minimum absolute atomic E-state index is 0.255. The number of hydrogen-bond donors (Lipinski definition) is 3. The number of carbonyl (C=O) groups excluding carboxylic acids is 3. The summed E-state index contributed by atoms with van der Waals surface area (Å²) in [6.07, 6.45) is 0. The molecule has 1 aromatic carbocycles. The van der Waals surface area contributed by atoms with Gasteiger partial charge in [0.15, 0.2) is 5.13 Å². The molecule has 3 N–H and O–H groups in total. The van der Waals surface area contributed by atoms with Gasteiger partial charge in [-0.1, -0.05) is 28.6 Å².